The van der Waals surface area contributed by atoms with Crippen molar-refractivity contribution in [2.75, 3.05) is 30.5 Å². The lowest BCUT2D eigenvalue weighted by atomic mass is 10.2. The van der Waals surface area contributed by atoms with Crippen molar-refractivity contribution in [2.24, 2.45) is 0 Å². The molecule has 1 aromatic rings. The monoisotopic (exact) mass is 322 g/mol. The minimum atomic E-state index is -0.209. The first-order valence-corrected chi connectivity index (χ1v) is 8.88. The standard InChI is InChI=1S/C15H18N2O2S2/c1-17-11-6-3-4-7-12(11)21-13(15(17)19)10-14(18)16-8-5-9-20-2/h3-4,6-7,10H,5,8-9H2,1-2H3,(H,16,18). The van der Waals surface area contributed by atoms with Gasteiger partial charge in [0.2, 0.25) is 5.91 Å². The number of carbonyl (C=O) groups excluding carboxylic acids is 2. The van der Waals surface area contributed by atoms with E-state index in [4.69, 9.17) is 0 Å². The molecule has 0 radical (unpaired) electrons. The molecule has 0 saturated carbocycles. The molecule has 0 atom stereocenters. The summed E-state index contributed by atoms with van der Waals surface area (Å²) in [6, 6.07) is 7.68. The summed E-state index contributed by atoms with van der Waals surface area (Å²) in [5, 5.41) is 2.81. The minimum absolute atomic E-state index is 0.141. The molecular weight excluding hydrogens is 304 g/mol. The first kappa shape index (κ1) is 16.0. The average molecular weight is 322 g/mol. The Labute approximate surface area is 133 Å². The number of likely N-dealkylation sites (N-methyl/N-ethyl adjacent to an activating group) is 1. The molecule has 1 aromatic carbocycles. The van der Waals surface area contributed by atoms with Crippen molar-refractivity contribution in [3.8, 4) is 0 Å². The van der Waals surface area contributed by atoms with Gasteiger partial charge in [0.05, 0.1) is 10.6 Å². The van der Waals surface area contributed by atoms with Gasteiger partial charge in [0, 0.05) is 24.6 Å². The van der Waals surface area contributed by atoms with Gasteiger partial charge in [-0.05, 0) is 30.6 Å². The molecule has 2 rings (SSSR count). The van der Waals surface area contributed by atoms with E-state index < -0.39 is 0 Å². The highest BCUT2D eigenvalue weighted by Crippen LogP contribution is 2.40. The largest absolute Gasteiger partial charge is 0.352 e. The van der Waals surface area contributed by atoms with E-state index in [0.29, 0.717) is 11.4 Å². The summed E-state index contributed by atoms with van der Waals surface area (Å²) >= 11 is 3.10. The van der Waals surface area contributed by atoms with Crippen LogP contribution in [0, 0.1) is 0 Å². The van der Waals surface area contributed by atoms with Gasteiger partial charge in [-0.3, -0.25) is 9.59 Å². The number of fused-ring (bicyclic) bond motifs is 1. The smallest absolute Gasteiger partial charge is 0.265 e. The van der Waals surface area contributed by atoms with Crippen molar-refractivity contribution in [1.29, 1.82) is 0 Å². The van der Waals surface area contributed by atoms with E-state index in [-0.39, 0.29) is 11.8 Å². The van der Waals surface area contributed by atoms with Gasteiger partial charge in [-0.25, -0.2) is 0 Å². The van der Waals surface area contributed by atoms with E-state index in [2.05, 4.69) is 5.32 Å². The first-order valence-electron chi connectivity index (χ1n) is 6.67. The van der Waals surface area contributed by atoms with Crippen LogP contribution in [0.15, 0.2) is 40.1 Å². The maximum absolute atomic E-state index is 12.3. The normalized spacial score (nSPS) is 16.0. The zero-order valence-corrected chi connectivity index (χ0v) is 13.7. The van der Waals surface area contributed by atoms with E-state index in [0.717, 1.165) is 22.8 Å². The number of nitrogens with one attached hydrogen (secondary N) is 1. The highest BCUT2D eigenvalue weighted by molar-refractivity contribution is 8.04. The third-order valence-corrected chi connectivity index (χ3v) is 4.82. The Kier molecular flexibility index (Phi) is 5.76. The summed E-state index contributed by atoms with van der Waals surface area (Å²) < 4.78 is 0. The summed E-state index contributed by atoms with van der Waals surface area (Å²) in [5.41, 5.74) is 0.880. The lowest BCUT2D eigenvalue weighted by molar-refractivity contribution is -0.117. The fraction of sp³-hybridized carbons (Fsp3) is 0.333. The lowest BCUT2D eigenvalue weighted by Crippen LogP contribution is -2.31. The summed E-state index contributed by atoms with van der Waals surface area (Å²) in [5.74, 6) is 0.665. The predicted molar refractivity (Wildman–Crippen MR) is 89.8 cm³/mol. The number of rotatable bonds is 5. The molecular formula is C15H18N2O2S2. The summed E-state index contributed by atoms with van der Waals surface area (Å²) in [6.07, 6.45) is 4.37. The summed E-state index contributed by atoms with van der Waals surface area (Å²) in [7, 11) is 1.73. The molecule has 0 saturated heterocycles. The van der Waals surface area contributed by atoms with Crippen molar-refractivity contribution in [2.45, 2.75) is 11.3 Å². The fourth-order valence-electron chi connectivity index (χ4n) is 1.95. The van der Waals surface area contributed by atoms with Crippen LogP contribution in [0.3, 0.4) is 0 Å². The summed E-state index contributed by atoms with van der Waals surface area (Å²) in [4.78, 5) is 27.1. The molecule has 1 aliphatic rings. The van der Waals surface area contributed by atoms with Gasteiger partial charge >= 0.3 is 0 Å². The third-order valence-electron chi connectivity index (χ3n) is 3.05. The van der Waals surface area contributed by atoms with Crippen molar-refractivity contribution in [1.82, 2.24) is 5.32 Å². The Hall–Kier alpha value is -1.40. The van der Waals surface area contributed by atoms with Gasteiger partial charge in [-0.2, -0.15) is 11.8 Å². The van der Waals surface area contributed by atoms with Gasteiger partial charge in [0.1, 0.15) is 0 Å². The number of thioether (sulfide) groups is 2. The second-order valence-electron chi connectivity index (χ2n) is 4.58. The molecule has 1 heterocycles. The van der Waals surface area contributed by atoms with Gasteiger partial charge in [0.25, 0.3) is 5.91 Å². The van der Waals surface area contributed by atoms with Gasteiger partial charge in [-0.15, -0.1) is 0 Å². The van der Waals surface area contributed by atoms with Crippen LogP contribution in [0.2, 0.25) is 0 Å². The SMILES string of the molecule is CSCCCNC(=O)C=C1Sc2ccccc2N(C)C1=O. The molecule has 0 bridgehead atoms. The maximum atomic E-state index is 12.3. The predicted octanol–water partition coefficient (Wildman–Crippen LogP) is 2.51. The average Bonchev–Trinajstić information content (AvgIpc) is 2.49. The molecule has 21 heavy (non-hydrogen) atoms. The summed E-state index contributed by atoms with van der Waals surface area (Å²) in [6.45, 7) is 0.634. The van der Waals surface area contributed by atoms with Gasteiger partial charge in [0.15, 0.2) is 0 Å². The number of hydrogen-bond acceptors (Lipinski definition) is 4. The minimum Gasteiger partial charge on any atom is -0.352 e. The number of carbonyl (C=O) groups is 2. The Morgan fingerprint density at radius 2 is 2.19 bits per heavy atom. The number of nitrogens with zero attached hydrogens (tertiary/aromatic N) is 1. The van der Waals surface area contributed by atoms with Gasteiger partial charge < -0.3 is 10.2 Å². The topological polar surface area (TPSA) is 49.4 Å². The van der Waals surface area contributed by atoms with Crippen LogP contribution >= 0.6 is 23.5 Å². The number of amides is 2. The molecule has 4 nitrogen and oxygen atoms in total. The van der Waals surface area contributed by atoms with Crippen LogP contribution in [-0.2, 0) is 9.59 Å². The van der Waals surface area contributed by atoms with Crippen LogP contribution in [0.1, 0.15) is 6.42 Å². The number of para-hydroxylation sites is 1. The molecule has 0 fully saturated rings. The molecule has 6 heteroatoms. The number of hydrogen-bond donors (Lipinski definition) is 1. The van der Waals surface area contributed by atoms with Crippen LogP contribution < -0.4 is 10.2 Å². The molecule has 1 N–H and O–H groups in total. The van der Waals surface area contributed by atoms with Crippen LogP contribution in [0.25, 0.3) is 0 Å². The van der Waals surface area contributed by atoms with E-state index >= 15 is 0 Å². The van der Waals surface area contributed by atoms with Crippen LogP contribution in [0.5, 0.6) is 0 Å². The molecule has 2 amide bonds. The second-order valence-corrected chi connectivity index (χ2v) is 6.65. The highest BCUT2D eigenvalue weighted by Gasteiger charge is 2.26. The van der Waals surface area contributed by atoms with E-state index in [1.165, 1.54) is 17.8 Å². The molecule has 1 aliphatic heterocycles. The Morgan fingerprint density at radius 1 is 1.43 bits per heavy atom. The van der Waals surface area contributed by atoms with Crippen LogP contribution in [0.4, 0.5) is 5.69 Å². The highest BCUT2D eigenvalue weighted by atomic mass is 32.2. The number of benzene rings is 1. The van der Waals surface area contributed by atoms with Crippen molar-refractivity contribution in [3.05, 3.63) is 35.2 Å². The second kappa shape index (κ2) is 7.56. The molecule has 0 unspecified atom stereocenters. The van der Waals surface area contributed by atoms with E-state index in [9.17, 15) is 9.59 Å². The Morgan fingerprint density at radius 3 is 2.95 bits per heavy atom. The zero-order valence-electron chi connectivity index (χ0n) is 12.1. The van der Waals surface area contributed by atoms with Crippen molar-refractivity contribution >= 4 is 41.0 Å². The third kappa shape index (κ3) is 4.04. The Bertz CT molecular complexity index is 573. The maximum Gasteiger partial charge on any atom is 0.265 e. The van der Waals surface area contributed by atoms with Crippen molar-refractivity contribution < 1.29 is 9.59 Å². The number of anilines is 1. The lowest BCUT2D eigenvalue weighted by Gasteiger charge is -2.26. The van der Waals surface area contributed by atoms with Crippen molar-refractivity contribution in [3.63, 3.8) is 0 Å². The molecule has 0 spiro atoms. The zero-order chi connectivity index (χ0) is 15.2. The van der Waals surface area contributed by atoms with Crippen LogP contribution in [-0.4, -0.2) is 37.4 Å². The molecule has 0 aliphatic carbocycles. The first-order chi connectivity index (χ1) is 10.1. The molecule has 112 valence electrons. The fourth-order valence-corrected chi connectivity index (χ4v) is 3.46. The quantitative estimate of drug-likeness (QED) is 0.668. The Balaban J connectivity index is 2.05. The molecule has 0 aromatic heterocycles. The van der Waals surface area contributed by atoms with E-state index in [1.54, 1.807) is 23.7 Å². The van der Waals surface area contributed by atoms with E-state index in [1.807, 2.05) is 30.5 Å². The van der Waals surface area contributed by atoms with Gasteiger partial charge in [-0.1, -0.05) is 23.9 Å².